The smallest absolute Gasteiger partial charge is 0.255 e. The third-order valence-corrected chi connectivity index (χ3v) is 6.17. The average molecular weight is 438 g/mol. The van der Waals surface area contributed by atoms with Gasteiger partial charge in [0, 0.05) is 42.8 Å². The van der Waals surface area contributed by atoms with Crippen molar-refractivity contribution in [2.75, 3.05) is 18.4 Å². The number of nitrogens with one attached hydrogen (secondary N) is 1. The summed E-state index contributed by atoms with van der Waals surface area (Å²) in [5.41, 5.74) is 2.60. The van der Waals surface area contributed by atoms with Crippen LogP contribution in [0.4, 0.5) is 5.69 Å². The quantitative estimate of drug-likeness (QED) is 0.632. The number of rotatable bonds is 6. The summed E-state index contributed by atoms with van der Waals surface area (Å²) in [7, 11) is 1.91. The minimum atomic E-state index is -0.117. The zero-order valence-corrected chi connectivity index (χ0v) is 18.8. The Labute approximate surface area is 186 Å². The molecule has 0 bridgehead atoms. The molecule has 1 amide bonds. The average Bonchev–Trinajstić information content (AvgIpc) is 3.13. The van der Waals surface area contributed by atoms with E-state index in [1.807, 2.05) is 60.1 Å². The zero-order chi connectivity index (χ0) is 21.8. The maximum absolute atomic E-state index is 12.6. The Bertz CT molecular complexity index is 1010. The number of aromatic nitrogens is 3. The number of nitrogens with zero attached hydrogens (tertiary/aromatic N) is 4. The van der Waals surface area contributed by atoms with Gasteiger partial charge in [0.25, 0.3) is 5.91 Å². The van der Waals surface area contributed by atoms with E-state index >= 15 is 0 Å². The molecule has 0 spiro atoms. The Morgan fingerprint density at radius 2 is 1.77 bits per heavy atom. The van der Waals surface area contributed by atoms with Crippen molar-refractivity contribution in [3.05, 3.63) is 66.0 Å². The second kappa shape index (κ2) is 9.64. The fourth-order valence-corrected chi connectivity index (χ4v) is 4.48. The summed E-state index contributed by atoms with van der Waals surface area (Å²) in [4.78, 5) is 16.1. The largest absolute Gasteiger partial charge is 0.373 e. The molecule has 0 aliphatic carbocycles. The summed E-state index contributed by atoms with van der Waals surface area (Å²) in [5, 5.41) is 11.7. The highest BCUT2D eigenvalue weighted by Gasteiger charge is 2.22. The van der Waals surface area contributed by atoms with Gasteiger partial charge in [0.1, 0.15) is 6.33 Å². The topological polar surface area (TPSA) is 72.3 Å². The molecule has 0 radical (unpaired) electrons. The lowest BCUT2D eigenvalue weighted by molar-refractivity contribution is -0.0704. The Hall–Kier alpha value is -2.68. The first-order valence-corrected chi connectivity index (χ1v) is 11.2. The predicted octanol–water partition coefficient (Wildman–Crippen LogP) is 3.83. The number of amides is 1. The molecular weight excluding hydrogens is 410 g/mol. The first kappa shape index (κ1) is 21.5. The molecule has 0 saturated carbocycles. The van der Waals surface area contributed by atoms with Crippen LogP contribution in [0.3, 0.4) is 0 Å². The molecule has 4 rings (SSSR count). The molecule has 1 N–H and O–H groups in total. The second-order valence-corrected chi connectivity index (χ2v) is 8.99. The van der Waals surface area contributed by atoms with Gasteiger partial charge in [0.05, 0.1) is 12.2 Å². The molecule has 3 aromatic rings. The van der Waals surface area contributed by atoms with E-state index in [9.17, 15) is 4.79 Å². The first-order chi connectivity index (χ1) is 15.0. The lowest BCUT2D eigenvalue weighted by atomic mass is 10.1. The van der Waals surface area contributed by atoms with Crippen LogP contribution in [0.15, 0.2) is 64.9 Å². The van der Waals surface area contributed by atoms with E-state index < -0.39 is 0 Å². The fourth-order valence-electron chi connectivity index (χ4n) is 3.71. The normalized spacial score (nSPS) is 19.3. The van der Waals surface area contributed by atoms with Crippen LogP contribution in [0.25, 0.3) is 0 Å². The maximum atomic E-state index is 12.6. The van der Waals surface area contributed by atoms with Gasteiger partial charge < -0.3 is 14.6 Å². The summed E-state index contributed by atoms with van der Waals surface area (Å²) >= 11 is 1.53. The number of carbonyl (C=O) groups is 1. The van der Waals surface area contributed by atoms with Gasteiger partial charge >= 0.3 is 0 Å². The molecule has 162 valence electrons. The van der Waals surface area contributed by atoms with E-state index in [-0.39, 0.29) is 18.1 Å². The summed E-state index contributed by atoms with van der Waals surface area (Å²) in [6, 6.07) is 15.5. The number of aryl methyl sites for hydroxylation is 1. The van der Waals surface area contributed by atoms with Crippen molar-refractivity contribution < 1.29 is 9.53 Å². The zero-order valence-electron chi connectivity index (χ0n) is 18.0. The Kier molecular flexibility index (Phi) is 6.70. The fraction of sp³-hybridized carbons (Fsp3) is 0.348. The number of hydrogen-bond acceptors (Lipinski definition) is 6. The monoisotopic (exact) mass is 437 g/mol. The highest BCUT2D eigenvalue weighted by atomic mass is 32.2. The highest BCUT2D eigenvalue weighted by Crippen LogP contribution is 2.26. The summed E-state index contributed by atoms with van der Waals surface area (Å²) in [6.45, 7) is 6.94. The molecule has 2 atom stereocenters. The van der Waals surface area contributed by atoms with E-state index in [1.165, 1.54) is 17.3 Å². The van der Waals surface area contributed by atoms with Crippen molar-refractivity contribution in [3.8, 4) is 0 Å². The molecule has 31 heavy (non-hydrogen) atoms. The van der Waals surface area contributed by atoms with Crippen molar-refractivity contribution in [2.45, 2.75) is 42.7 Å². The van der Waals surface area contributed by atoms with Gasteiger partial charge in [0.15, 0.2) is 5.16 Å². The Balaban J connectivity index is 1.32. The molecule has 2 unspecified atom stereocenters. The number of ether oxygens (including phenoxy) is 1. The van der Waals surface area contributed by atoms with Crippen molar-refractivity contribution >= 4 is 23.4 Å². The van der Waals surface area contributed by atoms with E-state index in [2.05, 4.69) is 34.3 Å². The van der Waals surface area contributed by atoms with Crippen molar-refractivity contribution in [2.24, 2.45) is 7.05 Å². The SMILES string of the molecule is CC1CN(Cc2ccc(C(=O)Nc3ccc(Sc4nncn4C)cc3)cc2)CC(C)O1. The van der Waals surface area contributed by atoms with E-state index in [0.29, 0.717) is 5.56 Å². The summed E-state index contributed by atoms with van der Waals surface area (Å²) in [5.74, 6) is -0.117. The van der Waals surface area contributed by atoms with Crippen LogP contribution in [0.5, 0.6) is 0 Å². The number of carbonyl (C=O) groups excluding carboxylic acids is 1. The van der Waals surface area contributed by atoms with Crippen LogP contribution in [-0.2, 0) is 18.3 Å². The van der Waals surface area contributed by atoms with Gasteiger partial charge in [-0.05, 0) is 67.6 Å². The van der Waals surface area contributed by atoms with Crippen LogP contribution in [-0.4, -0.2) is 50.9 Å². The number of morpholine rings is 1. The standard InChI is InChI=1S/C23H27N5O2S/c1-16-12-28(13-17(2)30-16)14-18-4-6-19(7-5-18)22(29)25-20-8-10-21(11-9-20)31-23-26-24-15-27(23)3/h4-11,15-17H,12-14H2,1-3H3,(H,25,29). The van der Waals surface area contributed by atoms with Crippen LogP contribution >= 0.6 is 11.8 Å². The molecule has 1 aliphatic rings. The molecule has 1 aliphatic heterocycles. The molecule has 1 fully saturated rings. The minimum absolute atomic E-state index is 0.117. The molecule has 2 aromatic carbocycles. The lowest BCUT2D eigenvalue weighted by Gasteiger charge is -2.35. The van der Waals surface area contributed by atoms with Gasteiger partial charge in [-0.2, -0.15) is 0 Å². The van der Waals surface area contributed by atoms with Crippen LogP contribution in [0.2, 0.25) is 0 Å². The van der Waals surface area contributed by atoms with Gasteiger partial charge in [0.2, 0.25) is 0 Å². The number of anilines is 1. The molecule has 8 heteroatoms. The molecule has 1 aromatic heterocycles. The van der Waals surface area contributed by atoms with Gasteiger partial charge in [-0.3, -0.25) is 9.69 Å². The van der Waals surface area contributed by atoms with Crippen LogP contribution in [0.1, 0.15) is 29.8 Å². The van der Waals surface area contributed by atoms with E-state index in [4.69, 9.17) is 4.74 Å². The molecule has 2 heterocycles. The van der Waals surface area contributed by atoms with Crippen LogP contribution < -0.4 is 5.32 Å². The predicted molar refractivity (Wildman–Crippen MR) is 121 cm³/mol. The third-order valence-electron chi connectivity index (χ3n) is 5.11. The molecule has 1 saturated heterocycles. The Morgan fingerprint density at radius 3 is 2.39 bits per heavy atom. The third kappa shape index (κ3) is 5.72. The van der Waals surface area contributed by atoms with Gasteiger partial charge in [-0.25, -0.2) is 0 Å². The maximum Gasteiger partial charge on any atom is 0.255 e. The minimum Gasteiger partial charge on any atom is -0.373 e. The number of benzene rings is 2. The molecular formula is C23H27N5O2S. The van der Waals surface area contributed by atoms with Crippen molar-refractivity contribution in [3.63, 3.8) is 0 Å². The van der Waals surface area contributed by atoms with Crippen molar-refractivity contribution in [1.82, 2.24) is 19.7 Å². The first-order valence-electron chi connectivity index (χ1n) is 10.4. The Morgan fingerprint density at radius 1 is 1.10 bits per heavy atom. The highest BCUT2D eigenvalue weighted by molar-refractivity contribution is 7.99. The van der Waals surface area contributed by atoms with E-state index in [1.54, 1.807) is 6.33 Å². The van der Waals surface area contributed by atoms with Gasteiger partial charge in [-0.1, -0.05) is 12.1 Å². The number of hydrogen-bond donors (Lipinski definition) is 1. The summed E-state index contributed by atoms with van der Waals surface area (Å²) < 4.78 is 7.66. The second-order valence-electron chi connectivity index (χ2n) is 7.95. The summed E-state index contributed by atoms with van der Waals surface area (Å²) in [6.07, 6.45) is 2.17. The van der Waals surface area contributed by atoms with E-state index in [0.717, 1.165) is 35.4 Å². The molecule has 7 nitrogen and oxygen atoms in total. The van der Waals surface area contributed by atoms with Crippen LogP contribution in [0, 0.1) is 0 Å². The lowest BCUT2D eigenvalue weighted by Crippen LogP contribution is -2.44. The van der Waals surface area contributed by atoms with Gasteiger partial charge in [-0.15, -0.1) is 10.2 Å². The van der Waals surface area contributed by atoms with Crippen molar-refractivity contribution in [1.29, 1.82) is 0 Å².